The molecule has 0 saturated heterocycles. The SMILES string of the molecule is Cc1nn(Cc2ccccc2)c(Cl)c1CSc1nc(N)nc2[nH]nnc12. The quantitative estimate of drug-likeness (QED) is 0.400. The van der Waals surface area contributed by atoms with Crippen molar-refractivity contribution in [2.24, 2.45) is 0 Å². The average Bonchev–Trinajstić information content (AvgIpc) is 3.19. The minimum Gasteiger partial charge on any atom is -0.368 e. The Labute approximate surface area is 158 Å². The Kier molecular flexibility index (Phi) is 4.48. The first-order chi connectivity index (χ1) is 12.6. The largest absolute Gasteiger partial charge is 0.368 e. The highest BCUT2D eigenvalue weighted by atomic mass is 35.5. The van der Waals surface area contributed by atoms with Crippen molar-refractivity contribution in [3.63, 3.8) is 0 Å². The number of aromatic nitrogens is 7. The third kappa shape index (κ3) is 3.23. The van der Waals surface area contributed by atoms with E-state index in [-0.39, 0.29) is 5.95 Å². The summed E-state index contributed by atoms with van der Waals surface area (Å²) < 4.78 is 1.81. The highest BCUT2D eigenvalue weighted by Gasteiger charge is 2.16. The molecule has 3 heterocycles. The standard InChI is InChI=1S/C16H15ClN8S/c1-9-11(13(17)25(23-9)7-10-5-3-2-4-6-10)8-26-15-12-14(22-24-21-12)19-16(18)20-15/h2-6H,7-8H2,1H3,(H3,18,19,20,21,22,24). The van der Waals surface area contributed by atoms with Gasteiger partial charge in [-0.05, 0) is 12.5 Å². The van der Waals surface area contributed by atoms with Crippen LogP contribution in [-0.2, 0) is 12.3 Å². The maximum absolute atomic E-state index is 6.57. The fourth-order valence-corrected chi connectivity index (χ4v) is 4.04. The van der Waals surface area contributed by atoms with E-state index in [1.54, 1.807) is 0 Å². The minimum atomic E-state index is 0.175. The van der Waals surface area contributed by atoms with E-state index in [9.17, 15) is 0 Å². The van der Waals surface area contributed by atoms with Gasteiger partial charge in [0.15, 0.2) is 11.2 Å². The molecule has 0 bridgehead atoms. The minimum absolute atomic E-state index is 0.175. The van der Waals surface area contributed by atoms with Crippen LogP contribution in [0.5, 0.6) is 0 Å². The molecule has 132 valence electrons. The maximum Gasteiger partial charge on any atom is 0.223 e. The van der Waals surface area contributed by atoms with E-state index in [0.717, 1.165) is 16.8 Å². The molecule has 0 saturated carbocycles. The van der Waals surface area contributed by atoms with Gasteiger partial charge in [-0.1, -0.05) is 58.9 Å². The Hall–Kier alpha value is -2.65. The van der Waals surface area contributed by atoms with Gasteiger partial charge in [-0.25, -0.2) is 14.8 Å². The molecule has 1 aromatic carbocycles. The number of nitrogen functional groups attached to an aromatic ring is 1. The van der Waals surface area contributed by atoms with Crippen LogP contribution in [0.2, 0.25) is 5.15 Å². The van der Waals surface area contributed by atoms with E-state index in [4.69, 9.17) is 17.3 Å². The average molecular weight is 387 g/mol. The van der Waals surface area contributed by atoms with Crippen LogP contribution < -0.4 is 5.73 Å². The molecule has 0 unspecified atom stereocenters. The molecule has 0 fully saturated rings. The van der Waals surface area contributed by atoms with E-state index in [2.05, 4.69) is 30.5 Å². The maximum atomic E-state index is 6.57. The van der Waals surface area contributed by atoms with Gasteiger partial charge in [0.2, 0.25) is 5.95 Å². The zero-order valence-corrected chi connectivity index (χ0v) is 15.4. The molecule has 26 heavy (non-hydrogen) atoms. The first kappa shape index (κ1) is 16.8. The predicted octanol–water partition coefficient (Wildman–Crippen LogP) is 2.83. The number of hydrogen-bond acceptors (Lipinski definition) is 7. The van der Waals surface area contributed by atoms with Crippen molar-refractivity contribution in [3.8, 4) is 0 Å². The lowest BCUT2D eigenvalue weighted by Gasteiger charge is -2.05. The van der Waals surface area contributed by atoms with E-state index < -0.39 is 0 Å². The number of anilines is 1. The molecule has 0 aliphatic carbocycles. The Morgan fingerprint density at radius 1 is 1.23 bits per heavy atom. The Bertz CT molecular complexity index is 1060. The van der Waals surface area contributed by atoms with Crippen molar-refractivity contribution in [1.29, 1.82) is 0 Å². The molecule has 0 radical (unpaired) electrons. The van der Waals surface area contributed by atoms with E-state index in [0.29, 0.717) is 33.6 Å². The number of aromatic amines is 1. The third-order valence-corrected chi connectivity index (χ3v) is 5.30. The van der Waals surface area contributed by atoms with Gasteiger partial charge in [0.1, 0.15) is 10.2 Å². The number of H-pyrrole nitrogens is 1. The zero-order chi connectivity index (χ0) is 18.1. The van der Waals surface area contributed by atoms with Crippen molar-refractivity contribution in [2.45, 2.75) is 24.2 Å². The van der Waals surface area contributed by atoms with Crippen molar-refractivity contribution >= 4 is 40.5 Å². The molecule has 3 aromatic heterocycles. The lowest BCUT2D eigenvalue weighted by Crippen LogP contribution is -2.01. The monoisotopic (exact) mass is 386 g/mol. The molecule has 0 spiro atoms. The number of fused-ring (bicyclic) bond motifs is 1. The van der Waals surface area contributed by atoms with E-state index >= 15 is 0 Å². The molecule has 0 atom stereocenters. The first-order valence-corrected chi connectivity index (χ1v) is 9.21. The Morgan fingerprint density at radius 2 is 2.04 bits per heavy atom. The fraction of sp³-hybridized carbons (Fsp3) is 0.188. The van der Waals surface area contributed by atoms with Gasteiger partial charge in [-0.3, -0.25) is 0 Å². The van der Waals surface area contributed by atoms with Crippen LogP contribution in [0.4, 0.5) is 5.95 Å². The Morgan fingerprint density at radius 3 is 2.85 bits per heavy atom. The molecule has 10 heteroatoms. The summed E-state index contributed by atoms with van der Waals surface area (Å²) in [7, 11) is 0. The van der Waals surface area contributed by atoms with Gasteiger partial charge in [0, 0.05) is 11.3 Å². The second kappa shape index (κ2) is 6.93. The first-order valence-electron chi connectivity index (χ1n) is 7.84. The fourth-order valence-electron chi connectivity index (χ4n) is 2.60. The molecule has 8 nitrogen and oxygen atoms in total. The summed E-state index contributed by atoms with van der Waals surface area (Å²) in [6, 6.07) is 10.1. The number of rotatable bonds is 5. The van der Waals surface area contributed by atoms with Crippen molar-refractivity contribution in [2.75, 3.05) is 5.73 Å². The van der Waals surface area contributed by atoms with Crippen molar-refractivity contribution in [3.05, 3.63) is 52.3 Å². The number of hydrogen-bond donors (Lipinski definition) is 2. The molecule has 0 aliphatic heterocycles. The molecular weight excluding hydrogens is 372 g/mol. The second-order valence-electron chi connectivity index (χ2n) is 5.68. The van der Waals surface area contributed by atoms with Gasteiger partial charge >= 0.3 is 0 Å². The lowest BCUT2D eigenvalue weighted by atomic mass is 10.2. The summed E-state index contributed by atoms with van der Waals surface area (Å²) in [6.45, 7) is 2.57. The van der Waals surface area contributed by atoms with Gasteiger partial charge < -0.3 is 5.73 Å². The summed E-state index contributed by atoms with van der Waals surface area (Å²) in [4.78, 5) is 8.33. The van der Waals surface area contributed by atoms with E-state index in [1.807, 2.05) is 41.9 Å². The van der Waals surface area contributed by atoms with Gasteiger partial charge in [-0.15, -0.1) is 5.10 Å². The molecule has 0 aliphatic rings. The number of nitrogens with two attached hydrogens (primary N) is 1. The van der Waals surface area contributed by atoms with Crippen molar-refractivity contribution in [1.82, 2.24) is 35.2 Å². The van der Waals surface area contributed by atoms with Crippen molar-refractivity contribution < 1.29 is 0 Å². The molecule has 3 N–H and O–H groups in total. The number of halogens is 1. The molecule has 0 amide bonds. The van der Waals surface area contributed by atoms with Gasteiger partial charge in [-0.2, -0.15) is 10.1 Å². The van der Waals surface area contributed by atoms with Crippen LogP contribution in [-0.4, -0.2) is 35.2 Å². The summed E-state index contributed by atoms with van der Waals surface area (Å²) in [5.41, 5.74) is 9.85. The smallest absolute Gasteiger partial charge is 0.223 e. The highest BCUT2D eigenvalue weighted by molar-refractivity contribution is 7.98. The molecular formula is C16H15ClN8S. The number of aryl methyl sites for hydroxylation is 1. The number of thioether (sulfide) groups is 1. The van der Waals surface area contributed by atoms with E-state index in [1.165, 1.54) is 11.8 Å². The van der Waals surface area contributed by atoms with Crippen LogP contribution in [0, 0.1) is 6.92 Å². The summed E-state index contributed by atoms with van der Waals surface area (Å²) in [6.07, 6.45) is 0. The zero-order valence-electron chi connectivity index (χ0n) is 13.8. The van der Waals surface area contributed by atoms with Crippen LogP contribution in [0.3, 0.4) is 0 Å². The third-order valence-electron chi connectivity index (χ3n) is 3.89. The molecule has 4 rings (SSSR count). The predicted molar refractivity (Wildman–Crippen MR) is 101 cm³/mol. The normalized spacial score (nSPS) is 11.3. The topological polar surface area (TPSA) is 111 Å². The van der Waals surface area contributed by atoms with Crippen LogP contribution >= 0.6 is 23.4 Å². The number of nitrogens with one attached hydrogen (secondary N) is 1. The second-order valence-corrected chi connectivity index (χ2v) is 7.00. The van der Waals surface area contributed by atoms with Gasteiger partial charge in [0.05, 0.1) is 12.2 Å². The van der Waals surface area contributed by atoms with Gasteiger partial charge in [0.25, 0.3) is 0 Å². The number of nitrogens with zero attached hydrogens (tertiary/aromatic N) is 6. The Balaban J connectivity index is 1.58. The summed E-state index contributed by atoms with van der Waals surface area (Å²) >= 11 is 8.05. The van der Waals surface area contributed by atoms with Crippen LogP contribution in [0.1, 0.15) is 16.8 Å². The molecule has 4 aromatic rings. The van der Waals surface area contributed by atoms with Crippen LogP contribution in [0.25, 0.3) is 11.2 Å². The van der Waals surface area contributed by atoms with Crippen LogP contribution in [0.15, 0.2) is 35.4 Å². The highest BCUT2D eigenvalue weighted by Crippen LogP contribution is 2.31. The summed E-state index contributed by atoms with van der Waals surface area (Å²) in [5, 5.41) is 16.3. The lowest BCUT2D eigenvalue weighted by molar-refractivity contribution is 0.680. The summed E-state index contributed by atoms with van der Waals surface area (Å²) in [5.74, 6) is 0.770. The number of benzene rings is 1.